The van der Waals surface area contributed by atoms with Gasteiger partial charge in [-0.15, -0.1) is 0 Å². The first-order valence-electron chi connectivity index (χ1n) is 8.12. The van der Waals surface area contributed by atoms with Crippen LogP contribution >= 0.6 is 0 Å². The SMILES string of the molecule is CCNS(=O)(=O)c1ccc(C(=O)OCC(=O)c2ccc(C)cc2C)cc1. The molecule has 0 radical (unpaired) electrons. The summed E-state index contributed by atoms with van der Waals surface area (Å²) in [4.78, 5) is 24.3. The minimum atomic E-state index is -3.58. The van der Waals surface area contributed by atoms with Crippen LogP contribution in [0.1, 0.15) is 38.8 Å². The van der Waals surface area contributed by atoms with Crippen LogP contribution in [0.15, 0.2) is 47.4 Å². The van der Waals surface area contributed by atoms with Crippen LogP contribution in [-0.2, 0) is 14.8 Å². The van der Waals surface area contributed by atoms with Gasteiger partial charge in [0, 0.05) is 12.1 Å². The molecule has 26 heavy (non-hydrogen) atoms. The third-order valence-electron chi connectivity index (χ3n) is 3.75. The molecule has 2 rings (SSSR count). The van der Waals surface area contributed by atoms with Crippen LogP contribution in [0.3, 0.4) is 0 Å². The largest absolute Gasteiger partial charge is 0.454 e. The summed E-state index contributed by atoms with van der Waals surface area (Å²) in [6.07, 6.45) is 0. The number of benzene rings is 2. The molecule has 1 N–H and O–H groups in total. The maximum Gasteiger partial charge on any atom is 0.338 e. The molecule has 2 aromatic carbocycles. The van der Waals surface area contributed by atoms with Crippen molar-refractivity contribution in [1.29, 1.82) is 0 Å². The second kappa shape index (κ2) is 8.25. The van der Waals surface area contributed by atoms with Crippen LogP contribution in [0.25, 0.3) is 0 Å². The molecule has 0 amide bonds. The number of esters is 1. The lowest BCUT2D eigenvalue weighted by molar-refractivity contribution is 0.0474. The first kappa shape index (κ1) is 19.8. The molecular formula is C19H21NO5S. The second-order valence-corrected chi connectivity index (χ2v) is 7.61. The highest BCUT2D eigenvalue weighted by Crippen LogP contribution is 2.13. The fourth-order valence-electron chi connectivity index (χ4n) is 2.46. The Labute approximate surface area is 153 Å². The quantitative estimate of drug-likeness (QED) is 0.594. The van der Waals surface area contributed by atoms with Gasteiger partial charge in [-0.05, 0) is 43.7 Å². The van der Waals surface area contributed by atoms with E-state index in [1.54, 1.807) is 13.0 Å². The summed E-state index contributed by atoms with van der Waals surface area (Å²) in [5, 5.41) is 0. The third kappa shape index (κ3) is 4.77. The van der Waals surface area contributed by atoms with E-state index in [9.17, 15) is 18.0 Å². The van der Waals surface area contributed by atoms with Crippen molar-refractivity contribution in [3.8, 4) is 0 Å². The van der Waals surface area contributed by atoms with Crippen molar-refractivity contribution < 1.29 is 22.7 Å². The van der Waals surface area contributed by atoms with Crippen LogP contribution in [-0.4, -0.2) is 33.3 Å². The molecule has 0 saturated heterocycles. The van der Waals surface area contributed by atoms with Gasteiger partial charge < -0.3 is 4.74 Å². The molecule has 2 aromatic rings. The van der Waals surface area contributed by atoms with Crippen LogP contribution in [0.5, 0.6) is 0 Å². The smallest absolute Gasteiger partial charge is 0.338 e. The minimum absolute atomic E-state index is 0.0576. The average Bonchev–Trinajstić information content (AvgIpc) is 2.59. The fraction of sp³-hybridized carbons (Fsp3) is 0.263. The number of Topliss-reactive ketones (excluding diaryl/α,β-unsaturated/α-hetero) is 1. The number of nitrogens with one attached hydrogen (secondary N) is 1. The van der Waals surface area contributed by atoms with E-state index in [-0.39, 0.29) is 29.4 Å². The van der Waals surface area contributed by atoms with Crippen LogP contribution < -0.4 is 4.72 Å². The zero-order valence-electron chi connectivity index (χ0n) is 14.9. The summed E-state index contributed by atoms with van der Waals surface area (Å²) in [6.45, 7) is 5.33. The molecular weight excluding hydrogens is 354 g/mol. The third-order valence-corrected chi connectivity index (χ3v) is 5.31. The number of ether oxygens (including phenoxy) is 1. The Morgan fingerprint density at radius 1 is 1.04 bits per heavy atom. The highest BCUT2D eigenvalue weighted by atomic mass is 32.2. The van der Waals surface area contributed by atoms with Gasteiger partial charge in [-0.25, -0.2) is 17.9 Å². The normalized spacial score (nSPS) is 11.2. The number of carbonyl (C=O) groups is 2. The molecule has 0 atom stereocenters. The monoisotopic (exact) mass is 375 g/mol. The topological polar surface area (TPSA) is 89.5 Å². The number of carbonyl (C=O) groups excluding carboxylic acids is 2. The number of rotatable bonds is 7. The summed E-state index contributed by atoms with van der Waals surface area (Å²) < 4.78 is 31.2. The Bertz CT molecular complexity index is 917. The van der Waals surface area contributed by atoms with Gasteiger partial charge in [0.15, 0.2) is 6.61 Å². The second-order valence-electron chi connectivity index (χ2n) is 5.84. The van der Waals surface area contributed by atoms with Crippen molar-refractivity contribution in [3.05, 3.63) is 64.7 Å². The zero-order chi connectivity index (χ0) is 19.3. The molecule has 0 aliphatic rings. The van der Waals surface area contributed by atoms with Gasteiger partial charge in [0.1, 0.15) is 0 Å². The van der Waals surface area contributed by atoms with E-state index in [2.05, 4.69) is 4.72 Å². The molecule has 0 bridgehead atoms. The average molecular weight is 375 g/mol. The Balaban J connectivity index is 2.03. The molecule has 0 aliphatic heterocycles. The fourth-order valence-corrected chi connectivity index (χ4v) is 3.50. The Kier molecular flexibility index (Phi) is 6.28. The van der Waals surface area contributed by atoms with Crippen molar-refractivity contribution in [1.82, 2.24) is 4.72 Å². The van der Waals surface area contributed by atoms with E-state index < -0.39 is 16.0 Å². The summed E-state index contributed by atoms with van der Waals surface area (Å²) in [7, 11) is -3.58. The molecule has 0 aromatic heterocycles. The molecule has 0 spiro atoms. The summed E-state index contributed by atoms with van der Waals surface area (Å²) in [5.41, 5.74) is 2.55. The molecule has 0 fully saturated rings. The van der Waals surface area contributed by atoms with Gasteiger partial charge in [0.2, 0.25) is 15.8 Å². The van der Waals surface area contributed by atoms with Gasteiger partial charge in [0.05, 0.1) is 10.5 Å². The van der Waals surface area contributed by atoms with Crippen molar-refractivity contribution in [3.63, 3.8) is 0 Å². The number of hydrogen-bond acceptors (Lipinski definition) is 5. The predicted molar refractivity (Wildman–Crippen MR) is 97.8 cm³/mol. The van der Waals surface area contributed by atoms with Gasteiger partial charge in [-0.2, -0.15) is 0 Å². The van der Waals surface area contributed by atoms with Gasteiger partial charge >= 0.3 is 5.97 Å². The Hall–Kier alpha value is -2.51. The first-order chi connectivity index (χ1) is 12.2. The lowest BCUT2D eigenvalue weighted by Gasteiger charge is -2.08. The van der Waals surface area contributed by atoms with E-state index in [0.717, 1.165) is 11.1 Å². The van der Waals surface area contributed by atoms with E-state index in [4.69, 9.17) is 4.74 Å². The van der Waals surface area contributed by atoms with E-state index in [1.807, 2.05) is 26.0 Å². The molecule has 0 aliphatic carbocycles. The van der Waals surface area contributed by atoms with Crippen molar-refractivity contribution in [2.24, 2.45) is 0 Å². The lowest BCUT2D eigenvalue weighted by atomic mass is 10.0. The van der Waals surface area contributed by atoms with Crippen LogP contribution in [0, 0.1) is 13.8 Å². The van der Waals surface area contributed by atoms with Gasteiger partial charge in [-0.1, -0.05) is 30.7 Å². The van der Waals surface area contributed by atoms with Crippen molar-refractivity contribution in [2.45, 2.75) is 25.7 Å². The lowest BCUT2D eigenvalue weighted by Crippen LogP contribution is -2.23. The molecule has 0 saturated carbocycles. The Morgan fingerprint density at radius 3 is 2.27 bits per heavy atom. The van der Waals surface area contributed by atoms with Gasteiger partial charge in [0.25, 0.3) is 0 Å². The summed E-state index contributed by atoms with van der Waals surface area (Å²) in [5.74, 6) is -0.974. The Morgan fingerprint density at radius 2 is 1.69 bits per heavy atom. The molecule has 6 nitrogen and oxygen atoms in total. The van der Waals surface area contributed by atoms with Crippen molar-refractivity contribution in [2.75, 3.05) is 13.2 Å². The summed E-state index contributed by atoms with van der Waals surface area (Å²) in [6, 6.07) is 10.8. The maximum absolute atomic E-state index is 12.2. The predicted octanol–water partition coefficient (Wildman–Crippen LogP) is 2.64. The number of hydrogen-bond donors (Lipinski definition) is 1. The van der Waals surface area contributed by atoms with Crippen LogP contribution in [0.4, 0.5) is 0 Å². The standard InChI is InChI=1S/C19H21NO5S/c1-4-20-26(23,24)16-8-6-15(7-9-16)19(22)25-12-18(21)17-10-5-13(2)11-14(17)3/h5-11,20H,4,12H2,1-3H3. The van der Waals surface area contributed by atoms with Crippen LogP contribution in [0.2, 0.25) is 0 Å². The van der Waals surface area contributed by atoms with Gasteiger partial charge in [-0.3, -0.25) is 4.79 Å². The first-order valence-corrected chi connectivity index (χ1v) is 9.60. The van der Waals surface area contributed by atoms with E-state index in [1.165, 1.54) is 24.3 Å². The molecule has 0 heterocycles. The molecule has 138 valence electrons. The van der Waals surface area contributed by atoms with E-state index >= 15 is 0 Å². The minimum Gasteiger partial charge on any atom is -0.454 e. The zero-order valence-corrected chi connectivity index (χ0v) is 15.7. The highest BCUT2D eigenvalue weighted by Gasteiger charge is 2.16. The number of ketones is 1. The van der Waals surface area contributed by atoms with Crippen molar-refractivity contribution >= 4 is 21.8 Å². The molecule has 0 unspecified atom stereocenters. The molecule has 7 heteroatoms. The number of sulfonamides is 1. The summed E-state index contributed by atoms with van der Waals surface area (Å²) >= 11 is 0. The maximum atomic E-state index is 12.2. The number of aryl methyl sites for hydroxylation is 2. The van der Waals surface area contributed by atoms with E-state index in [0.29, 0.717) is 5.56 Å². The highest BCUT2D eigenvalue weighted by molar-refractivity contribution is 7.89.